The maximum atomic E-state index is 12.8. The molecule has 29 heavy (non-hydrogen) atoms. The Morgan fingerprint density at radius 2 is 2.00 bits per heavy atom. The molecule has 2 atom stereocenters. The third-order valence-corrected chi connectivity index (χ3v) is 5.86. The van der Waals surface area contributed by atoms with Crippen molar-refractivity contribution >= 4 is 23.1 Å². The fourth-order valence-corrected chi connectivity index (χ4v) is 4.42. The van der Waals surface area contributed by atoms with Gasteiger partial charge in [0.15, 0.2) is 0 Å². The van der Waals surface area contributed by atoms with Crippen LogP contribution in [0.4, 0.5) is 0 Å². The van der Waals surface area contributed by atoms with Crippen LogP contribution in [0.15, 0.2) is 66.1 Å². The van der Waals surface area contributed by atoms with Crippen molar-refractivity contribution in [2.24, 2.45) is 5.92 Å². The second-order valence-electron chi connectivity index (χ2n) is 6.57. The van der Waals surface area contributed by atoms with E-state index in [0.717, 1.165) is 17.0 Å². The summed E-state index contributed by atoms with van der Waals surface area (Å²) < 4.78 is 10.2. The molecule has 1 aliphatic rings. The fourth-order valence-electron chi connectivity index (χ4n) is 3.32. The van der Waals surface area contributed by atoms with Gasteiger partial charge >= 0.3 is 5.97 Å². The standard InChI is InChI=1S/C23H23NO4S/c1-4-28-21(26)13-10-18-7-5-6-14-23(18,16(2)25)22-24-20(15-29-22)17-8-11-19(27-3)12-9-17/h5-15,18H,4H2,1-3H3. The zero-order valence-electron chi connectivity index (χ0n) is 16.6. The van der Waals surface area contributed by atoms with Gasteiger partial charge in [0.2, 0.25) is 0 Å². The van der Waals surface area contributed by atoms with Crippen LogP contribution in [-0.2, 0) is 19.7 Å². The Morgan fingerprint density at radius 3 is 2.66 bits per heavy atom. The maximum Gasteiger partial charge on any atom is 0.330 e. The van der Waals surface area contributed by atoms with Crippen LogP contribution in [-0.4, -0.2) is 30.5 Å². The molecule has 6 heteroatoms. The van der Waals surface area contributed by atoms with E-state index in [9.17, 15) is 9.59 Å². The van der Waals surface area contributed by atoms with E-state index in [1.807, 2.05) is 53.9 Å². The van der Waals surface area contributed by atoms with Crippen molar-refractivity contribution in [3.05, 3.63) is 71.1 Å². The van der Waals surface area contributed by atoms with Gasteiger partial charge in [0.05, 0.1) is 19.4 Å². The molecule has 1 aromatic carbocycles. The Kier molecular flexibility index (Phi) is 6.44. The van der Waals surface area contributed by atoms with Crippen molar-refractivity contribution < 1.29 is 19.1 Å². The molecular weight excluding hydrogens is 386 g/mol. The number of hydrogen-bond donors (Lipinski definition) is 0. The van der Waals surface area contributed by atoms with E-state index in [1.165, 1.54) is 17.4 Å². The van der Waals surface area contributed by atoms with Crippen LogP contribution in [0.2, 0.25) is 0 Å². The van der Waals surface area contributed by atoms with Crippen LogP contribution in [0.25, 0.3) is 11.3 Å². The van der Waals surface area contributed by atoms with E-state index in [0.29, 0.717) is 11.6 Å². The molecule has 0 saturated carbocycles. The van der Waals surface area contributed by atoms with Crippen molar-refractivity contribution in [2.75, 3.05) is 13.7 Å². The topological polar surface area (TPSA) is 65.5 Å². The first-order chi connectivity index (χ1) is 14.0. The van der Waals surface area contributed by atoms with Gasteiger partial charge in [-0.3, -0.25) is 4.79 Å². The fraction of sp³-hybridized carbons (Fsp3) is 0.261. The number of methoxy groups -OCH3 is 1. The van der Waals surface area contributed by atoms with Crippen molar-refractivity contribution in [1.29, 1.82) is 0 Å². The molecule has 0 amide bonds. The van der Waals surface area contributed by atoms with Crippen molar-refractivity contribution in [3.63, 3.8) is 0 Å². The normalized spacial score (nSPS) is 20.7. The molecule has 2 unspecified atom stereocenters. The third-order valence-electron chi connectivity index (χ3n) is 4.87. The second-order valence-corrected chi connectivity index (χ2v) is 7.43. The van der Waals surface area contributed by atoms with E-state index in [2.05, 4.69) is 0 Å². The number of carbonyl (C=O) groups excluding carboxylic acids is 2. The summed E-state index contributed by atoms with van der Waals surface area (Å²) in [5, 5.41) is 2.63. The van der Waals surface area contributed by atoms with Gasteiger partial charge in [-0.25, -0.2) is 9.78 Å². The first-order valence-electron chi connectivity index (χ1n) is 9.33. The molecule has 5 nitrogen and oxygen atoms in total. The summed E-state index contributed by atoms with van der Waals surface area (Å²) in [6.45, 7) is 3.62. The number of ketones is 1. The van der Waals surface area contributed by atoms with Crippen LogP contribution in [0.5, 0.6) is 5.75 Å². The number of Topliss-reactive ketones (excluding diaryl/α,β-unsaturated/α-hetero) is 1. The van der Waals surface area contributed by atoms with E-state index < -0.39 is 11.4 Å². The number of allylic oxidation sites excluding steroid dienone is 5. The number of ether oxygens (including phenoxy) is 2. The average Bonchev–Trinajstić information content (AvgIpc) is 3.23. The molecule has 0 aliphatic heterocycles. The van der Waals surface area contributed by atoms with E-state index in [1.54, 1.807) is 27.0 Å². The van der Waals surface area contributed by atoms with Crippen LogP contribution in [0.1, 0.15) is 18.9 Å². The van der Waals surface area contributed by atoms with Crippen LogP contribution in [0, 0.1) is 5.92 Å². The monoisotopic (exact) mass is 409 g/mol. The summed E-state index contributed by atoms with van der Waals surface area (Å²) in [6, 6.07) is 7.63. The molecule has 3 rings (SSSR count). The number of benzene rings is 1. The lowest BCUT2D eigenvalue weighted by Gasteiger charge is -2.33. The smallest absolute Gasteiger partial charge is 0.330 e. The lowest BCUT2D eigenvalue weighted by molar-refractivity contribution is -0.137. The molecular formula is C23H23NO4S. The Hall–Kier alpha value is -2.99. The SMILES string of the molecule is CCOC(=O)C=CC1C=CC=CC1(C(C)=O)c1nc(-c2ccc(OC)cc2)cs1. The van der Waals surface area contributed by atoms with Gasteiger partial charge in [-0.2, -0.15) is 0 Å². The van der Waals surface area contributed by atoms with E-state index >= 15 is 0 Å². The van der Waals surface area contributed by atoms with Gasteiger partial charge in [0, 0.05) is 22.9 Å². The van der Waals surface area contributed by atoms with Crippen LogP contribution >= 0.6 is 11.3 Å². The molecule has 0 bridgehead atoms. The highest BCUT2D eigenvalue weighted by atomic mass is 32.1. The number of esters is 1. The van der Waals surface area contributed by atoms with Crippen LogP contribution in [0.3, 0.4) is 0 Å². The Morgan fingerprint density at radius 1 is 1.24 bits per heavy atom. The molecule has 0 saturated heterocycles. The van der Waals surface area contributed by atoms with Crippen molar-refractivity contribution in [3.8, 4) is 17.0 Å². The largest absolute Gasteiger partial charge is 0.497 e. The van der Waals surface area contributed by atoms with Gasteiger partial charge < -0.3 is 9.47 Å². The molecule has 0 radical (unpaired) electrons. The number of thiazole rings is 1. The van der Waals surface area contributed by atoms with Gasteiger partial charge in [-0.1, -0.05) is 30.4 Å². The van der Waals surface area contributed by atoms with Gasteiger partial charge in [0.25, 0.3) is 0 Å². The Labute approximate surface area is 174 Å². The molecule has 150 valence electrons. The molecule has 0 spiro atoms. The lowest BCUT2D eigenvalue weighted by Crippen LogP contribution is -2.39. The Bertz CT molecular complexity index is 971. The quantitative estimate of drug-likeness (QED) is 0.497. The summed E-state index contributed by atoms with van der Waals surface area (Å²) >= 11 is 1.44. The van der Waals surface area contributed by atoms with Gasteiger partial charge in [-0.05, 0) is 38.1 Å². The molecule has 1 aliphatic carbocycles. The highest BCUT2D eigenvalue weighted by Crippen LogP contribution is 2.42. The first kappa shape index (κ1) is 20.7. The number of rotatable bonds is 7. The van der Waals surface area contributed by atoms with Crippen molar-refractivity contribution in [2.45, 2.75) is 19.3 Å². The summed E-state index contributed by atoms with van der Waals surface area (Å²) in [6.07, 6.45) is 10.6. The molecule has 2 aromatic rings. The third kappa shape index (κ3) is 4.22. The summed E-state index contributed by atoms with van der Waals surface area (Å²) in [7, 11) is 1.62. The van der Waals surface area contributed by atoms with E-state index in [-0.39, 0.29) is 11.7 Å². The second kappa shape index (κ2) is 9.01. The Balaban J connectivity index is 1.98. The van der Waals surface area contributed by atoms with Gasteiger partial charge in [-0.15, -0.1) is 11.3 Å². The predicted octanol–water partition coefficient (Wildman–Crippen LogP) is 4.51. The highest BCUT2D eigenvalue weighted by molar-refractivity contribution is 7.10. The van der Waals surface area contributed by atoms with Gasteiger partial charge in [0.1, 0.15) is 22.0 Å². The molecule has 0 N–H and O–H groups in total. The minimum atomic E-state index is -0.951. The summed E-state index contributed by atoms with van der Waals surface area (Å²) in [5.74, 6) is -0.0172. The zero-order chi connectivity index (χ0) is 20.9. The van der Waals surface area contributed by atoms with E-state index in [4.69, 9.17) is 14.5 Å². The predicted molar refractivity (Wildman–Crippen MR) is 114 cm³/mol. The minimum absolute atomic E-state index is 0.0350. The summed E-state index contributed by atoms with van der Waals surface area (Å²) in [4.78, 5) is 29.4. The molecule has 1 aromatic heterocycles. The number of nitrogens with zero attached hydrogens (tertiary/aromatic N) is 1. The highest BCUT2D eigenvalue weighted by Gasteiger charge is 2.44. The minimum Gasteiger partial charge on any atom is -0.497 e. The van der Waals surface area contributed by atoms with Crippen molar-refractivity contribution in [1.82, 2.24) is 4.98 Å². The zero-order valence-corrected chi connectivity index (χ0v) is 17.4. The number of hydrogen-bond acceptors (Lipinski definition) is 6. The summed E-state index contributed by atoms with van der Waals surface area (Å²) in [5.41, 5.74) is 0.790. The first-order valence-corrected chi connectivity index (χ1v) is 10.2. The molecule has 1 heterocycles. The average molecular weight is 410 g/mol. The van der Waals surface area contributed by atoms with Crippen LogP contribution < -0.4 is 4.74 Å². The molecule has 0 fully saturated rings. The number of aromatic nitrogens is 1. The maximum absolute atomic E-state index is 12.8. The lowest BCUT2D eigenvalue weighted by atomic mass is 9.70. The number of carbonyl (C=O) groups is 2.